The Bertz CT molecular complexity index is 428. The Morgan fingerprint density at radius 1 is 1.35 bits per heavy atom. The van der Waals surface area contributed by atoms with Crippen molar-refractivity contribution >= 4 is 11.6 Å². The molecule has 0 aromatic heterocycles. The lowest BCUT2D eigenvalue weighted by atomic mass is 10.1. The molecule has 3 N–H and O–H groups in total. The highest BCUT2D eigenvalue weighted by atomic mass is 19.4. The van der Waals surface area contributed by atoms with Crippen LogP contribution in [-0.4, -0.2) is 25.2 Å². The number of rotatable bonds is 6. The number of carbonyl (C=O) groups excluding carboxylic acids is 1. The van der Waals surface area contributed by atoms with Crippen LogP contribution in [0.15, 0.2) is 24.3 Å². The summed E-state index contributed by atoms with van der Waals surface area (Å²) >= 11 is 0. The molecule has 112 valence electrons. The highest BCUT2D eigenvalue weighted by molar-refractivity contribution is 5.92. The molecule has 7 heteroatoms. The third-order valence-electron chi connectivity index (χ3n) is 2.67. The maximum absolute atomic E-state index is 12.0. The van der Waals surface area contributed by atoms with Crippen LogP contribution in [0.3, 0.4) is 0 Å². The van der Waals surface area contributed by atoms with Crippen molar-refractivity contribution in [3.05, 3.63) is 24.3 Å². The molecule has 1 amide bonds. The van der Waals surface area contributed by atoms with Gasteiger partial charge in [-0.25, -0.2) is 0 Å². The van der Waals surface area contributed by atoms with Gasteiger partial charge >= 0.3 is 6.18 Å². The molecule has 1 unspecified atom stereocenters. The second kappa shape index (κ2) is 7.14. The largest absolute Gasteiger partial charge is 0.484 e. The summed E-state index contributed by atoms with van der Waals surface area (Å²) in [5.41, 5.74) is 5.94. The number of carbonyl (C=O) groups is 1. The molecule has 0 spiro atoms. The van der Waals surface area contributed by atoms with E-state index in [1.165, 1.54) is 24.3 Å². The maximum atomic E-state index is 12.0. The van der Waals surface area contributed by atoms with Gasteiger partial charge in [0.1, 0.15) is 5.75 Å². The van der Waals surface area contributed by atoms with Gasteiger partial charge in [0.2, 0.25) is 5.91 Å². The zero-order chi connectivity index (χ0) is 15.2. The van der Waals surface area contributed by atoms with Gasteiger partial charge in [0.05, 0.1) is 5.92 Å². The lowest BCUT2D eigenvalue weighted by Crippen LogP contribution is -2.28. The van der Waals surface area contributed by atoms with Crippen LogP contribution in [0.25, 0.3) is 0 Å². The van der Waals surface area contributed by atoms with Crippen LogP contribution in [0.4, 0.5) is 18.9 Å². The number of hydrogen-bond acceptors (Lipinski definition) is 3. The van der Waals surface area contributed by atoms with E-state index in [1.807, 2.05) is 6.92 Å². The smallest absolute Gasteiger partial charge is 0.422 e. The molecule has 1 atom stereocenters. The Labute approximate surface area is 115 Å². The topological polar surface area (TPSA) is 64.4 Å². The summed E-state index contributed by atoms with van der Waals surface area (Å²) in [5, 5.41) is 2.65. The third-order valence-corrected chi connectivity index (χ3v) is 2.67. The third kappa shape index (κ3) is 5.48. The molecule has 0 aliphatic carbocycles. The van der Waals surface area contributed by atoms with E-state index in [4.69, 9.17) is 5.73 Å². The molecule has 1 aromatic rings. The van der Waals surface area contributed by atoms with Crippen LogP contribution < -0.4 is 15.8 Å². The zero-order valence-corrected chi connectivity index (χ0v) is 11.0. The van der Waals surface area contributed by atoms with Gasteiger partial charge in [0.15, 0.2) is 6.61 Å². The highest BCUT2D eigenvalue weighted by Crippen LogP contribution is 2.20. The molecule has 0 fully saturated rings. The number of nitrogens with two attached hydrogens (primary N) is 1. The minimum atomic E-state index is -4.37. The normalized spacial score (nSPS) is 12.8. The summed E-state index contributed by atoms with van der Waals surface area (Å²) in [7, 11) is 0. The van der Waals surface area contributed by atoms with Gasteiger partial charge in [-0.15, -0.1) is 0 Å². The van der Waals surface area contributed by atoms with Gasteiger partial charge in [-0.1, -0.05) is 6.92 Å². The van der Waals surface area contributed by atoms with E-state index >= 15 is 0 Å². The maximum Gasteiger partial charge on any atom is 0.422 e. The summed E-state index contributed by atoms with van der Waals surface area (Å²) in [5.74, 6) is -0.402. The summed E-state index contributed by atoms with van der Waals surface area (Å²) in [6.07, 6.45) is -3.75. The summed E-state index contributed by atoms with van der Waals surface area (Å²) in [6.45, 7) is 0.754. The Balaban J connectivity index is 2.56. The SMILES string of the molecule is CCC(CN)C(=O)Nc1ccc(OCC(F)(F)F)cc1. The second-order valence-electron chi connectivity index (χ2n) is 4.26. The lowest BCUT2D eigenvalue weighted by molar-refractivity contribution is -0.153. The van der Waals surface area contributed by atoms with Crippen LogP contribution in [0.2, 0.25) is 0 Å². The predicted octanol–water partition coefficient (Wildman–Crippen LogP) is 2.55. The molecule has 4 nitrogen and oxygen atoms in total. The predicted molar refractivity (Wildman–Crippen MR) is 69.5 cm³/mol. The molecule has 1 rings (SSSR count). The number of halogens is 3. The number of alkyl halides is 3. The average Bonchev–Trinajstić information content (AvgIpc) is 2.38. The molecular formula is C13H17F3N2O2. The molecule has 1 aromatic carbocycles. The molecule has 0 saturated carbocycles. The number of ether oxygens (including phenoxy) is 1. The van der Waals surface area contributed by atoms with Crippen molar-refractivity contribution < 1.29 is 22.7 Å². The monoisotopic (exact) mass is 290 g/mol. The van der Waals surface area contributed by atoms with Gasteiger partial charge in [-0.05, 0) is 30.7 Å². The number of hydrogen-bond donors (Lipinski definition) is 2. The summed E-state index contributed by atoms with van der Waals surface area (Å²) < 4.78 is 40.5. The van der Waals surface area contributed by atoms with E-state index in [1.54, 1.807) is 0 Å². The van der Waals surface area contributed by atoms with Gasteiger partial charge in [0.25, 0.3) is 0 Å². The van der Waals surface area contributed by atoms with Gasteiger partial charge in [-0.3, -0.25) is 4.79 Å². The van der Waals surface area contributed by atoms with Crippen molar-refractivity contribution in [2.75, 3.05) is 18.5 Å². The first-order valence-electron chi connectivity index (χ1n) is 6.16. The molecule has 0 saturated heterocycles. The molecular weight excluding hydrogens is 273 g/mol. The first-order chi connectivity index (χ1) is 9.35. The molecule has 0 aliphatic heterocycles. The van der Waals surface area contributed by atoms with Crippen molar-refractivity contribution in [2.45, 2.75) is 19.5 Å². The number of anilines is 1. The van der Waals surface area contributed by atoms with Crippen molar-refractivity contribution in [2.24, 2.45) is 11.7 Å². The van der Waals surface area contributed by atoms with E-state index in [0.29, 0.717) is 12.1 Å². The zero-order valence-electron chi connectivity index (χ0n) is 11.0. The lowest BCUT2D eigenvalue weighted by Gasteiger charge is -2.13. The van der Waals surface area contributed by atoms with Crippen molar-refractivity contribution in [3.63, 3.8) is 0 Å². The van der Waals surface area contributed by atoms with Crippen LogP contribution >= 0.6 is 0 Å². The fourth-order valence-corrected chi connectivity index (χ4v) is 1.50. The van der Waals surface area contributed by atoms with Gasteiger partial charge in [0, 0.05) is 12.2 Å². The molecule has 0 bridgehead atoms. The standard InChI is InChI=1S/C13H17F3N2O2/c1-2-9(7-17)12(19)18-10-3-5-11(6-4-10)20-8-13(14,15)16/h3-6,9H,2,7-8,17H2,1H3,(H,18,19). The molecule has 20 heavy (non-hydrogen) atoms. The second-order valence-corrected chi connectivity index (χ2v) is 4.26. The quantitative estimate of drug-likeness (QED) is 0.846. The Kier molecular flexibility index (Phi) is 5.82. The van der Waals surface area contributed by atoms with E-state index in [-0.39, 0.29) is 24.1 Å². The number of amides is 1. The van der Waals surface area contributed by atoms with Gasteiger partial charge in [-0.2, -0.15) is 13.2 Å². The first-order valence-corrected chi connectivity index (χ1v) is 6.16. The average molecular weight is 290 g/mol. The highest BCUT2D eigenvalue weighted by Gasteiger charge is 2.28. The molecule has 0 radical (unpaired) electrons. The fourth-order valence-electron chi connectivity index (χ4n) is 1.50. The van der Waals surface area contributed by atoms with Crippen LogP contribution in [0.1, 0.15) is 13.3 Å². The van der Waals surface area contributed by atoms with E-state index < -0.39 is 12.8 Å². The van der Waals surface area contributed by atoms with E-state index in [0.717, 1.165) is 0 Å². The van der Waals surface area contributed by atoms with Crippen molar-refractivity contribution in [1.82, 2.24) is 0 Å². The van der Waals surface area contributed by atoms with Crippen molar-refractivity contribution in [1.29, 1.82) is 0 Å². The van der Waals surface area contributed by atoms with Crippen molar-refractivity contribution in [3.8, 4) is 5.75 Å². The molecule has 0 heterocycles. The summed E-state index contributed by atoms with van der Waals surface area (Å²) in [4.78, 5) is 11.7. The van der Waals surface area contributed by atoms with E-state index in [9.17, 15) is 18.0 Å². The van der Waals surface area contributed by atoms with Crippen LogP contribution in [0, 0.1) is 5.92 Å². The Morgan fingerprint density at radius 2 is 1.95 bits per heavy atom. The van der Waals surface area contributed by atoms with Gasteiger partial charge < -0.3 is 15.8 Å². The van der Waals surface area contributed by atoms with Crippen LogP contribution in [0.5, 0.6) is 5.75 Å². The summed E-state index contributed by atoms with van der Waals surface area (Å²) in [6, 6.07) is 5.69. The first kappa shape index (κ1) is 16.3. The number of nitrogens with one attached hydrogen (secondary N) is 1. The fraction of sp³-hybridized carbons (Fsp3) is 0.462. The molecule has 0 aliphatic rings. The van der Waals surface area contributed by atoms with E-state index in [2.05, 4.69) is 10.1 Å². The van der Waals surface area contributed by atoms with Crippen LogP contribution in [-0.2, 0) is 4.79 Å². The number of benzene rings is 1. The minimum absolute atomic E-state index is 0.0891. The minimum Gasteiger partial charge on any atom is -0.484 e. The Hall–Kier alpha value is -1.76. The Morgan fingerprint density at radius 3 is 2.40 bits per heavy atom.